The summed E-state index contributed by atoms with van der Waals surface area (Å²) in [6.45, 7) is 8.27. The van der Waals surface area contributed by atoms with Gasteiger partial charge >= 0.3 is 6.18 Å². The number of likely N-dealkylation sites (tertiary alicyclic amines) is 2. The fourth-order valence-electron chi connectivity index (χ4n) is 4.83. The maximum atomic E-state index is 13.1. The second-order valence-corrected chi connectivity index (χ2v) is 10.8. The molecule has 3 heterocycles. The van der Waals surface area contributed by atoms with Crippen LogP contribution in [0.5, 0.6) is 0 Å². The number of carbonyl (C=O) groups excluding carboxylic acids is 2. The fourth-order valence-corrected chi connectivity index (χ4v) is 5.08. The molecule has 3 fully saturated rings. The summed E-state index contributed by atoms with van der Waals surface area (Å²) in [5.41, 5.74) is 4.51. The standard InChI is InChI=1S/C14H10ClF3O.C12H21N3O2/c1-2-11-12(15)9-5-8(7-3-4-7)6-10(13(9)19-11)14(16,17)18;1-12(11(13)17)7-15(8-12)10(16)9-3-5-14(2)6-4-9/h2,5-7H,1,3-4H2;9H,3-8H2,1-2H3,(H2,13,17). The molecular formula is C26H31ClF3N3O3. The first-order valence-electron chi connectivity index (χ1n) is 12.1. The number of hydrogen-bond donors (Lipinski definition) is 1. The van der Waals surface area contributed by atoms with Crippen LogP contribution in [-0.2, 0) is 15.8 Å². The lowest BCUT2D eigenvalue weighted by atomic mass is 9.80. The Balaban J connectivity index is 0.000000170. The number of piperidine rings is 1. The number of halogens is 4. The number of nitrogens with zero attached hydrogens (tertiary/aromatic N) is 2. The predicted molar refractivity (Wildman–Crippen MR) is 132 cm³/mol. The van der Waals surface area contributed by atoms with Gasteiger partial charge in [-0.2, -0.15) is 13.2 Å². The van der Waals surface area contributed by atoms with Crippen molar-refractivity contribution in [3.63, 3.8) is 0 Å². The number of hydrogen-bond acceptors (Lipinski definition) is 4. The molecule has 36 heavy (non-hydrogen) atoms. The normalized spacial score (nSPS) is 20.4. The van der Waals surface area contributed by atoms with E-state index in [1.165, 1.54) is 12.1 Å². The molecule has 196 valence electrons. The monoisotopic (exact) mass is 525 g/mol. The molecule has 6 nitrogen and oxygen atoms in total. The Bertz CT molecular complexity index is 1170. The van der Waals surface area contributed by atoms with Crippen molar-refractivity contribution in [3.05, 3.63) is 40.6 Å². The summed E-state index contributed by atoms with van der Waals surface area (Å²) in [5.74, 6) is 0.434. The largest absolute Gasteiger partial charge is 0.454 e. The molecule has 2 aromatic rings. The Morgan fingerprint density at radius 2 is 1.81 bits per heavy atom. The van der Waals surface area contributed by atoms with Gasteiger partial charge in [-0.05, 0) is 82.4 Å². The molecule has 10 heteroatoms. The average molecular weight is 526 g/mol. The van der Waals surface area contributed by atoms with Crippen LogP contribution in [0.3, 0.4) is 0 Å². The molecule has 2 saturated heterocycles. The number of primary amides is 1. The third-order valence-corrected chi connectivity index (χ3v) is 7.76. The van der Waals surface area contributed by atoms with Crippen molar-refractivity contribution in [3.8, 4) is 0 Å². The van der Waals surface area contributed by atoms with E-state index in [-0.39, 0.29) is 40.0 Å². The van der Waals surface area contributed by atoms with Crippen LogP contribution in [0.25, 0.3) is 17.0 Å². The summed E-state index contributed by atoms with van der Waals surface area (Å²) < 4.78 is 44.5. The van der Waals surface area contributed by atoms with E-state index in [2.05, 4.69) is 18.5 Å². The molecule has 1 aliphatic carbocycles. The van der Waals surface area contributed by atoms with Crippen molar-refractivity contribution < 1.29 is 27.2 Å². The summed E-state index contributed by atoms with van der Waals surface area (Å²) in [6, 6.07) is 2.87. The molecular weight excluding hydrogens is 495 g/mol. The first-order chi connectivity index (χ1) is 16.8. The highest BCUT2D eigenvalue weighted by atomic mass is 35.5. The minimum atomic E-state index is -4.46. The van der Waals surface area contributed by atoms with Crippen LogP contribution >= 0.6 is 11.6 Å². The summed E-state index contributed by atoms with van der Waals surface area (Å²) in [7, 11) is 2.08. The zero-order chi connectivity index (χ0) is 26.4. The molecule has 3 aliphatic rings. The Morgan fingerprint density at radius 3 is 2.31 bits per heavy atom. The SMILES string of the molecule is C=Cc1oc2c(C(F)(F)F)cc(C3CC3)cc2c1Cl.CN1CCC(C(=O)N2CC(C)(C(N)=O)C2)CC1. The lowest BCUT2D eigenvalue weighted by molar-refractivity contribution is -0.154. The van der Waals surface area contributed by atoms with E-state index in [0.29, 0.717) is 24.0 Å². The summed E-state index contributed by atoms with van der Waals surface area (Å²) in [4.78, 5) is 27.3. The zero-order valence-electron chi connectivity index (χ0n) is 20.5. The van der Waals surface area contributed by atoms with Crippen LogP contribution in [0, 0.1) is 11.3 Å². The topological polar surface area (TPSA) is 79.8 Å². The van der Waals surface area contributed by atoms with Gasteiger partial charge < -0.3 is 20.0 Å². The van der Waals surface area contributed by atoms with Crippen molar-refractivity contribution in [2.75, 3.05) is 33.2 Å². The van der Waals surface area contributed by atoms with Gasteiger partial charge in [-0.3, -0.25) is 9.59 Å². The maximum absolute atomic E-state index is 13.1. The third kappa shape index (κ3) is 5.27. The van der Waals surface area contributed by atoms with Gasteiger partial charge in [0, 0.05) is 24.4 Å². The highest BCUT2D eigenvalue weighted by Crippen LogP contribution is 2.46. The van der Waals surface area contributed by atoms with E-state index < -0.39 is 17.2 Å². The quantitative estimate of drug-likeness (QED) is 0.588. The lowest BCUT2D eigenvalue weighted by Crippen LogP contribution is -2.63. The molecule has 2 N–H and O–H groups in total. The molecule has 1 aromatic carbocycles. The number of rotatable bonds is 4. The second-order valence-electron chi connectivity index (χ2n) is 10.4. The Labute approximate surface area is 213 Å². The smallest absolute Gasteiger partial charge is 0.420 e. The maximum Gasteiger partial charge on any atom is 0.420 e. The van der Waals surface area contributed by atoms with Gasteiger partial charge in [0.25, 0.3) is 0 Å². The lowest BCUT2D eigenvalue weighted by Gasteiger charge is -2.47. The number of furan rings is 1. The first kappa shape index (κ1) is 26.5. The molecule has 2 amide bonds. The average Bonchev–Trinajstić information content (AvgIpc) is 3.60. The molecule has 0 unspecified atom stereocenters. The molecule has 0 spiro atoms. The van der Waals surface area contributed by atoms with Gasteiger partial charge in [0.2, 0.25) is 11.8 Å². The van der Waals surface area contributed by atoms with E-state index in [4.69, 9.17) is 21.8 Å². The minimum Gasteiger partial charge on any atom is -0.454 e. The van der Waals surface area contributed by atoms with E-state index in [9.17, 15) is 22.8 Å². The van der Waals surface area contributed by atoms with E-state index in [0.717, 1.165) is 38.8 Å². The highest BCUT2D eigenvalue weighted by Gasteiger charge is 2.47. The van der Waals surface area contributed by atoms with Crippen LogP contribution in [0.15, 0.2) is 23.1 Å². The van der Waals surface area contributed by atoms with Crippen molar-refractivity contribution in [2.45, 2.75) is 44.7 Å². The predicted octanol–water partition coefficient (Wildman–Crippen LogP) is 5.29. The molecule has 2 aliphatic heterocycles. The summed E-state index contributed by atoms with van der Waals surface area (Å²) >= 11 is 6.04. The van der Waals surface area contributed by atoms with Gasteiger partial charge in [0.05, 0.1) is 16.0 Å². The van der Waals surface area contributed by atoms with Crippen LogP contribution < -0.4 is 5.73 Å². The Morgan fingerprint density at radius 1 is 1.19 bits per heavy atom. The molecule has 5 rings (SSSR count). The van der Waals surface area contributed by atoms with Gasteiger partial charge in [-0.15, -0.1) is 0 Å². The van der Waals surface area contributed by atoms with Gasteiger partial charge in [0.1, 0.15) is 11.3 Å². The molecule has 0 radical (unpaired) electrons. The van der Waals surface area contributed by atoms with Crippen molar-refractivity contribution >= 4 is 40.5 Å². The number of benzene rings is 1. The third-order valence-electron chi connectivity index (χ3n) is 7.37. The van der Waals surface area contributed by atoms with Crippen molar-refractivity contribution in [1.82, 2.24) is 9.80 Å². The minimum absolute atomic E-state index is 0.142. The summed E-state index contributed by atoms with van der Waals surface area (Å²) in [5, 5.41) is 0.506. The fraction of sp³-hybridized carbons (Fsp3) is 0.538. The van der Waals surface area contributed by atoms with Crippen molar-refractivity contribution in [1.29, 1.82) is 0 Å². The van der Waals surface area contributed by atoms with E-state index in [1.807, 2.05) is 6.92 Å². The zero-order valence-corrected chi connectivity index (χ0v) is 21.2. The van der Waals surface area contributed by atoms with Crippen LogP contribution in [0.4, 0.5) is 13.2 Å². The van der Waals surface area contributed by atoms with Gasteiger partial charge in [0.15, 0.2) is 0 Å². The van der Waals surface area contributed by atoms with Crippen LogP contribution in [0.1, 0.15) is 55.4 Å². The molecule has 0 bridgehead atoms. The van der Waals surface area contributed by atoms with Crippen LogP contribution in [-0.4, -0.2) is 54.8 Å². The first-order valence-corrected chi connectivity index (χ1v) is 12.4. The van der Waals surface area contributed by atoms with Crippen molar-refractivity contribution in [2.24, 2.45) is 17.1 Å². The molecule has 1 aromatic heterocycles. The molecule has 0 atom stereocenters. The number of nitrogens with two attached hydrogens (primary N) is 1. The second kappa shape index (κ2) is 9.74. The summed E-state index contributed by atoms with van der Waals surface area (Å²) in [6.07, 6.45) is 0.569. The Kier molecular flexibility index (Phi) is 7.18. The van der Waals surface area contributed by atoms with Crippen LogP contribution in [0.2, 0.25) is 5.02 Å². The number of amides is 2. The van der Waals surface area contributed by atoms with Gasteiger partial charge in [-0.25, -0.2) is 0 Å². The van der Waals surface area contributed by atoms with E-state index >= 15 is 0 Å². The Hall–Kier alpha value is -2.52. The number of alkyl halides is 3. The molecule has 1 saturated carbocycles. The number of carbonyl (C=O) groups is 2. The van der Waals surface area contributed by atoms with E-state index in [1.54, 1.807) is 11.0 Å². The highest BCUT2D eigenvalue weighted by molar-refractivity contribution is 6.36. The number of fused-ring (bicyclic) bond motifs is 1. The van der Waals surface area contributed by atoms with Gasteiger partial charge in [-0.1, -0.05) is 18.2 Å².